The number of furan rings is 1. The molecule has 1 N–H and O–H groups in total. The molecule has 1 saturated heterocycles. The van der Waals surface area contributed by atoms with Gasteiger partial charge in [-0.15, -0.1) is 0 Å². The number of aryl methyl sites for hydroxylation is 2. The van der Waals surface area contributed by atoms with Crippen LogP contribution in [0.2, 0.25) is 0 Å². The minimum Gasteiger partial charge on any atom is -0.495 e. The number of aromatic nitrogens is 3. The van der Waals surface area contributed by atoms with E-state index in [2.05, 4.69) is 10.2 Å². The minimum atomic E-state index is -0.303. The zero-order valence-corrected chi connectivity index (χ0v) is 17.5. The third kappa shape index (κ3) is 3.77. The van der Waals surface area contributed by atoms with Crippen LogP contribution >= 0.6 is 0 Å². The number of hydrogen-bond acceptors (Lipinski definition) is 5. The summed E-state index contributed by atoms with van der Waals surface area (Å²) in [5.74, 6) is 2.84. The molecular formula is C22H26N4O4. The third-order valence-electron chi connectivity index (χ3n) is 5.62. The fraction of sp³-hybridized carbons (Fsp3) is 0.409. The van der Waals surface area contributed by atoms with Gasteiger partial charge in [-0.05, 0) is 50.8 Å². The summed E-state index contributed by atoms with van der Waals surface area (Å²) >= 11 is 0. The Hall–Kier alpha value is -3.29. The molecular weight excluding hydrogens is 384 g/mol. The van der Waals surface area contributed by atoms with Gasteiger partial charge in [0.1, 0.15) is 23.1 Å². The number of methoxy groups -OCH3 is 1. The molecule has 0 saturated carbocycles. The first-order chi connectivity index (χ1) is 14.5. The summed E-state index contributed by atoms with van der Waals surface area (Å²) in [6, 6.07) is 9.16. The molecule has 0 radical (unpaired) electrons. The van der Waals surface area contributed by atoms with Gasteiger partial charge in [0.15, 0.2) is 0 Å². The number of carbonyl (C=O) groups excluding carboxylic acids is 1. The van der Waals surface area contributed by atoms with E-state index in [1.54, 1.807) is 17.7 Å². The summed E-state index contributed by atoms with van der Waals surface area (Å²) in [6.45, 7) is 5.00. The number of likely N-dealkylation sites (tertiary alicyclic amines) is 1. The molecule has 1 aliphatic heterocycles. The summed E-state index contributed by atoms with van der Waals surface area (Å²) in [5.41, 5.74) is 0.976. The molecule has 1 aliphatic rings. The van der Waals surface area contributed by atoms with Crippen LogP contribution in [-0.2, 0) is 6.42 Å². The van der Waals surface area contributed by atoms with E-state index < -0.39 is 0 Å². The lowest BCUT2D eigenvalue weighted by Gasteiger charge is -2.32. The molecule has 4 rings (SSSR count). The Morgan fingerprint density at radius 1 is 1.33 bits per heavy atom. The van der Waals surface area contributed by atoms with Gasteiger partial charge in [-0.3, -0.25) is 4.79 Å². The van der Waals surface area contributed by atoms with Crippen molar-refractivity contribution in [2.45, 2.75) is 33.1 Å². The Labute approximate surface area is 174 Å². The molecule has 1 atom stereocenters. The number of hydrogen-bond donors (Lipinski definition) is 1. The van der Waals surface area contributed by atoms with E-state index >= 15 is 0 Å². The number of amides is 1. The zero-order valence-electron chi connectivity index (χ0n) is 17.5. The van der Waals surface area contributed by atoms with Gasteiger partial charge in [-0.1, -0.05) is 12.1 Å². The van der Waals surface area contributed by atoms with Gasteiger partial charge in [0, 0.05) is 19.5 Å². The SMILES string of the molecule is COc1ccccc1-n1c(CC2CCCN(C(=O)c3cc(C)oc3C)C2)n[nH]c1=O. The van der Waals surface area contributed by atoms with Crippen LogP contribution in [0.15, 0.2) is 39.5 Å². The maximum Gasteiger partial charge on any atom is 0.348 e. The number of piperidine rings is 1. The summed E-state index contributed by atoms with van der Waals surface area (Å²) in [6.07, 6.45) is 2.47. The topological polar surface area (TPSA) is 93.4 Å². The summed E-state index contributed by atoms with van der Waals surface area (Å²) in [4.78, 5) is 27.3. The molecule has 1 fully saturated rings. The Balaban J connectivity index is 1.55. The maximum absolute atomic E-state index is 13.0. The number of nitrogens with one attached hydrogen (secondary N) is 1. The van der Waals surface area contributed by atoms with Crippen molar-refractivity contribution in [3.05, 3.63) is 63.7 Å². The lowest BCUT2D eigenvalue weighted by atomic mass is 9.94. The number of para-hydroxylation sites is 2. The lowest BCUT2D eigenvalue weighted by Crippen LogP contribution is -2.41. The molecule has 8 heteroatoms. The minimum absolute atomic E-state index is 0.00167. The van der Waals surface area contributed by atoms with Gasteiger partial charge in [0.2, 0.25) is 0 Å². The second-order valence-electron chi connectivity index (χ2n) is 7.74. The standard InChI is InChI=1S/C22H26N4O4/c1-14-11-17(15(2)30-14)21(27)25-10-6-7-16(13-25)12-20-23-24-22(28)26(20)18-8-4-5-9-19(18)29-3/h4-5,8-9,11,16H,6-7,10,12-13H2,1-3H3,(H,24,28). The number of carbonyl (C=O) groups is 1. The number of ether oxygens (including phenoxy) is 1. The van der Waals surface area contributed by atoms with Crippen LogP contribution in [0.5, 0.6) is 5.75 Å². The molecule has 8 nitrogen and oxygen atoms in total. The Morgan fingerprint density at radius 3 is 2.87 bits per heavy atom. The van der Waals surface area contributed by atoms with Crippen LogP contribution in [-0.4, -0.2) is 45.8 Å². The summed E-state index contributed by atoms with van der Waals surface area (Å²) in [5, 5.41) is 6.81. The van der Waals surface area contributed by atoms with Gasteiger partial charge >= 0.3 is 5.69 Å². The molecule has 0 bridgehead atoms. The summed E-state index contributed by atoms with van der Waals surface area (Å²) < 4.78 is 12.5. The van der Waals surface area contributed by atoms with Crippen LogP contribution < -0.4 is 10.4 Å². The lowest BCUT2D eigenvalue weighted by molar-refractivity contribution is 0.0670. The molecule has 1 amide bonds. The van der Waals surface area contributed by atoms with Crippen LogP contribution in [0, 0.1) is 19.8 Å². The molecule has 1 aromatic carbocycles. The molecule has 1 unspecified atom stereocenters. The number of nitrogens with zero attached hydrogens (tertiary/aromatic N) is 3. The fourth-order valence-corrected chi connectivity index (χ4v) is 4.22. The van der Waals surface area contributed by atoms with Crippen molar-refractivity contribution in [1.29, 1.82) is 0 Å². The van der Waals surface area contributed by atoms with E-state index in [1.807, 2.05) is 43.0 Å². The number of aromatic amines is 1. The first-order valence-corrected chi connectivity index (χ1v) is 10.1. The van der Waals surface area contributed by atoms with E-state index in [4.69, 9.17) is 9.15 Å². The second-order valence-corrected chi connectivity index (χ2v) is 7.74. The fourth-order valence-electron chi connectivity index (χ4n) is 4.22. The Bertz CT molecular complexity index is 1110. The monoisotopic (exact) mass is 410 g/mol. The Kier molecular flexibility index (Phi) is 5.48. The highest BCUT2D eigenvalue weighted by Gasteiger charge is 2.28. The molecule has 30 heavy (non-hydrogen) atoms. The summed E-state index contributed by atoms with van der Waals surface area (Å²) in [7, 11) is 1.58. The van der Waals surface area contributed by atoms with Gasteiger partial charge in [-0.2, -0.15) is 5.10 Å². The van der Waals surface area contributed by atoms with E-state index in [0.717, 1.165) is 25.1 Å². The molecule has 0 spiro atoms. The van der Waals surface area contributed by atoms with Crippen molar-refractivity contribution in [2.24, 2.45) is 5.92 Å². The van der Waals surface area contributed by atoms with E-state index in [-0.39, 0.29) is 17.5 Å². The van der Waals surface area contributed by atoms with Crippen LogP contribution in [0.1, 0.15) is 40.5 Å². The number of H-pyrrole nitrogens is 1. The zero-order chi connectivity index (χ0) is 21.3. The predicted molar refractivity (Wildman–Crippen MR) is 111 cm³/mol. The van der Waals surface area contributed by atoms with Crippen molar-refractivity contribution in [2.75, 3.05) is 20.2 Å². The highest BCUT2D eigenvalue weighted by atomic mass is 16.5. The first kappa shape index (κ1) is 20.0. The van der Waals surface area contributed by atoms with Crippen LogP contribution in [0.4, 0.5) is 0 Å². The van der Waals surface area contributed by atoms with Crippen molar-refractivity contribution in [3.63, 3.8) is 0 Å². The third-order valence-corrected chi connectivity index (χ3v) is 5.62. The van der Waals surface area contributed by atoms with Crippen LogP contribution in [0.25, 0.3) is 5.69 Å². The van der Waals surface area contributed by atoms with Crippen molar-refractivity contribution in [1.82, 2.24) is 19.7 Å². The molecule has 158 valence electrons. The van der Waals surface area contributed by atoms with Gasteiger partial charge < -0.3 is 14.1 Å². The number of benzene rings is 1. The average Bonchev–Trinajstić information content (AvgIpc) is 3.28. The average molecular weight is 410 g/mol. The van der Waals surface area contributed by atoms with Gasteiger partial charge in [0.25, 0.3) is 5.91 Å². The van der Waals surface area contributed by atoms with Crippen LogP contribution in [0.3, 0.4) is 0 Å². The van der Waals surface area contributed by atoms with Gasteiger partial charge in [0.05, 0.1) is 18.4 Å². The smallest absolute Gasteiger partial charge is 0.348 e. The normalized spacial score (nSPS) is 16.6. The molecule has 3 aromatic rings. The van der Waals surface area contributed by atoms with Crippen molar-refractivity contribution >= 4 is 5.91 Å². The van der Waals surface area contributed by atoms with Crippen molar-refractivity contribution < 1.29 is 13.9 Å². The predicted octanol–water partition coefficient (Wildman–Crippen LogP) is 2.87. The molecule has 3 heterocycles. The van der Waals surface area contributed by atoms with Gasteiger partial charge in [-0.25, -0.2) is 14.5 Å². The number of rotatable bonds is 5. The molecule has 2 aromatic heterocycles. The largest absolute Gasteiger partial charge is 0.495 e. The van der Waals surface area contributed by atoms with E-state index in [1.165, 1.54) is 0 Å². The molecule has 0 aliphatic carbocycles. The maximum atomic E-state index is 13.0. The first-order valence-electron chi connectivity index (χ1n) is 10.1. The highest BCUT2D eigenvalue weighted by Crippen LogP contribution is 2.26. The Morgan fingerprint density at radius 2 is 2.13 bits per heavy atom. The second kappa shape index (κ2) is 8.22. The van der Waals surface area contributed by atoms with E-state index in [0.29, 0.717) is 41.6 Å². The quantitative estimate of drug-likeness (QED) is 0.698. The van der Waals surface area contributed by atoms with Crippen molar-refractivity contribution in [3.8, 4) is 11.4 Å². The van der Waals surface area contributed by atoms with E-state index in [9.17, 15) is 9.59 Å². The highest BCUT2D eigenvalue weighted by molar-refractivity contribution is 5.95.